The lowest BCUT2D eigenvalue weighted by atomic mass is 9.99. The van der Waals surface area contributed by atoms with Gasteiger partial charge in [-0.2, -0.15) is 5.26 Å². The number of nitriles is 1. The number of hydrogen-bond donors (Lipinski definition) is 2. The van der Waals surface area contributed by atoms with E-state index in [2.05, 4.69) is 16.3 Å². The zero-order chi connectivity index (χ0) is 17.1. The second-order valence-corrected chi connectivity index (χ2v) is 6.67. The number of halogens is 1. The number of nitrogens with zero attached hydrogens (tertiary/aromatic N) is 2. The molecular weight excluding hydrogens is 328 g/mol. The smallest absolute Gasteiger partial charge is 0.255 e. The average molecular weight is 349 g/mol. The van der Waals surface area contributed by atoms with Gasteiger partial charge in [0.05, 0.1) is 35.5 Å². The Morgan fingerprint density at radius 2 is 2.25 bits per heavy atom. The van der Waals surface area contributed by atoms with E-state index in [1.54, 1.807) is 6.07 Å². The standard InChI is InChI=1S/C17H21ClN4O2/c18-14-10-13(16-12(15(14)20)2-1-9-24-16)17(23)21-11-3-6-22(7-4-11)8-5-19/h10-11H,1-4,6-9,20H2,(H,21,23). The van der Waals surface area contributed by atoms with Crippen LogP contribution in [0.1, 0.15) is 35.2 Å². The maximum atomic E-state index is 12.7. The Morgan fingerprint density at radius 1 is 1.50 bits per heavy atom. The van der Waals surface area contributed by atoms with Gasteiger partial charge >= 0.3 is 0 Å². The minimum absolute atomic E-state index is 0.100. The molecule has 7 heteroatoms. The molecule has 1 saturated heterocycles. The first-order chi connectivity index (χ1) is 11.6. The van der Waals surface area contributed by atoms with Crippen LogP contribution in [0.2, 0.25) is 5.02 Å². The predicted molar refractivity (Wildman–Crippen MR) is 92.2 cm³/mol. The van der Waals surface area contributed by atoms with Gasteiger partial charge in [0.15, 0.2) is 0 Å². The van der Waals surface area contributed by atoms with Gasteiger partial charge in [0.1, 0.15) is 5.75 Å². The van der Waals surface area contributed by atoms with Gasteiger partial charge in [-0.25, -0.2) is 0 Å². The van der Waals surface area contributed by atoms with E-state index in [1.165, 1.54) is 0 Å². The largest absolute Gasteiger partial charge is 0.492 e. The van der Waals surface area contributed by atoms with E-state index in [1.807, 2.05) is 0 Å². The molecule has 0 aromatic heterocycles. The van der Waals surface area contributed by atoms with Gasteiger partial charge < -0.3 is 15.8 Å². The monoisotopic (exact) mass is 348 g/mol. The van der Waals surface area contributed by atoms with Crippen LogP contribution >= 0.6 is 11.6 Å². The molecule has 0 spiro atoms. The summed E-state index contributed by atoms with van der Waals surface area (Å²) in [4.78, 5) is 14.8. The summed E-state index contributed by atoms with van der Waals surface area (Å²) in [6, 6.07) is 3.86. The summed E-state index contributed by atoms with van der Waals surface area (Å²) in [5.41, 5.74) is 7.83. The van der Waals surface area contributed by atoms with Crippen molar-refractivity contribution in [3.05, 3.63) is 22.2 Å². The van der Waals surface area contributed by atoms with Crippen LogP contribution in [0.4, 0.5) is 5.69 Å². The van der Waals surface area contributed by atoms with E-state index < -0.39 is 0 Å². The van der Waals surface area contributed by atoms with E-state index in [9.17, 15) is 4.79 Å². The third-order valence-corrected chi connectivity index (χ3v) is 4.96. The molecule has 1 aromatic rings. The zero-order valence-corrected chi connectivity index (χ0v) is 14.2. The van der Waals surface area contributed by atoms with Crippen molar-refractivity contribution >= 4 is 23.2 Å². The molecule has 6 nitrogen and oxygen atoms in total. The molecule has 0 bridgehead atoms. The molecule has 3 N–H and O–H groups in total. The molecule has 128 valence electrons. The summed E-state index contributed by atoms with van der Waals surface area (Å²) in [6.07, 6.45) is 3.31. The van der Waals surface area contributed by atoms with Crippen molar-refractivity contribution in [3.8, 4) is 11.8 Å². The highest BCUT2D eigenvalue weighted by molar-refractivity contribution is 6.33. The molecular formula is C17H21ClN4O2. The van der Waals surface area contributed by atoms with Crippen molar-refractivity contribution in [2.75, 3.05) is 32.0 Å². The van der Waals surface area contributed by atoms with Crippen LogP contribution < -0.4 is 15.8 Å². The Kier molecular flexibility index (Phi) is 5.12. The number of piperidine rings is 1. The summed E-state index contributed by atoms with van der Waals surface area (Å²) >= 11 is 6.19. The number of carbonyl (C=O) groups is 1. The van der Waals surface area contributed by atoms with Crippen LogP contribution in [-0.4, -0.2) is 43.1 Å². The zero-order valence-electron chi connectivity index (χ0n) is 13.5. The van der Waals surface area contributed by atoms with Crippen molar-refractivity contribution in [2.45, 2.75) is 31.7 Å². The summed E-state index contributed by atoms with van der Waals surface area (Å²) in [5, 5.41) is 12.2. The van der Waals surface area contributed by atoms with Crippen molar-refractivity contribution in [1.82, 2.24) is 10.2 Å². The third kappa shape index (κ3) is 3.42. The molecule has 1 amide bonds. The Labute approximate surface area is 146 Å². The molecule has 0 aliphatic carbocycles. The highest BCUT2D eigenvalue weighted by Gasteiger charge is 2.26. The molecule has 3 rings (SSSR count). The molecule has 1 aromatic carbocycles. The molecule has 0 saturated carbocycles. The quantitative estimate of drug-likeness (QED) is 0.643. The number of nitrogen functional groups attached to an aromatic ring is 1. The summed E-state index contributed by atoms with van der Waals surface area (Å²) in [6.45, 7) is 2.65. The molecule has 0 unspecified atom stereocenters. The summed E-state index contributed by atoms with van der Waals surface area (Å²) in [7, 11) is 0. The maximum absolute atomic E-state index is 12.7. The first-order valence-corrected chi connectivity index (χ1v) is 8.61. The number of rotatable bonds is 3. The highest BCUT2D eigenvalue weighted by atomic mass is 35.5. The minimum atomic E-state index is -0.172. The van der Waals surface area contributed by atoms with E-state index in [-0.39, 0.29) is 11.9 Å². The van der Waals surface area contributed by atoms with Crippen LogP contribution in [-0.2, 0) is 6.42 Å². The topological polar surface area (TPSA) is 91.4 Å². The molecule has 24 heavy (non-hydrogen) atoms. The van der Waals surface area contributed by atoms with Gasteiger partial charge in [0.2, 0.25) is 0 Å². The number of likely N-dealkylation sites (tertiary alicyclic amines) is 1. The first-order valence-electron chi connectivity index (χ1n) is 8.24. The summed E-state index contributed by atoms with van der Waals surface area (Å²) < 4.78 is 5.71. The van der Waals surface area contributed by atoms with Gasteiger partial charge in [-0.3, -0.25) is 9.69 Å². The lowest BCUT2D eigenvalue weighted by molar-refractivity contribution is 0.0909. The van der Waals surface area contributed by atoms with Crippen LogP contribution in [0.25, 0.3) is 0 Å². The van der Waals surface area contributed by atoms with Crippen molar-refractivity contribution in [3.63, 3.8) is 0 Å². The number of amides is 1. The van der Waals surface area contributed by atoms with Crippen LogP contribution in [0, 0.1) is 11.3 Å². The Bertz CT molecular complexity index is 678. The number of nitrogens with two attached hydrogens (primary N) is 1. The Hall–Kier alpha value is -1.97. The molecule has 1 fully saturated rings. The number of benzene rings is 1. The second kappa shape index (κ2) is 7.29. The minimum Gasteiger partial charge on any atom is -0.492 e. The fourth-order valence-electron chi connectivity index (χ4n) is 3.30. The molecule has 0 atom stereocenters. The fourth-order valence-corrected chi connectivity index (χ4v) is 3.53. The van der Waals surface area contributed by atoms with Crippen molar-refractivity contribution < 1.29 is 9.53 Å². The number of fused-ring (bicyclic) bond motifs is 1. The summed E-state index contributed by atoms with van der Waals surface area (Å²) in [5.74, 6) is 0.399. The van der Waals surface area contributed by atoms with E-state index in [0.717, 1.165) is 44.3 Å². The van der Waals surface area contributed by atoms with Gasteiger partial charge in [-0.15, -0.1) is 0 Å². The van der Waals surface area contributed by atoms with E-state index in [4.69, 9.17) is 27.3 Å². The molecule has 2 heterocycles. The Balaban J connectivity index is 1.72. The predicted octanol–water partition coefficient (Wildman–Crippen LogP) is 1.96. The third-order valence-electron chi connectivity index (χ3n) is 4.65. The molecule has 0 radical (unpaired) electrons. The molecule has 2 aliphatic rings. The van der Waals surface area contributed by atoms with Crippen molar-refractivity contribution in [1.29, 1.82) is 5.26 Å². The van der Waals surface area contributed by atoms with Gasteiger partial charge in [-0.05, 0) is 31.7 Å². The lowest BCUT2D eigenvalue weighted by Gasteiger charge is -2.31. The van der Waals surface area contributed by atoms with Crippen LogP contribution in [0.15, 0.2) is 6.07 Å². The number of carbonyl (C=O) groups excluding carboxylic acids is 1. The number of anilines is 1. The average Bonchev–Trinajstić information content (AvgIpc) is 2.60. The maximum Gasteiger partial charge on any atom is 0.255 e. The molecule has 2 aliphatic heterocycles. The first kappa shape index (κ1) is 16.9. The number of nitrogens with one attached hydrogen (secondary N) is 1. The number of ether oxygens (including phenoxy) is 1. The van der Waals surface area contributed by atoms with Gasteiger partial charge in [-0.1, -0.05) is 11.6 Å². The normalized spacial score (nSPS) is 18.3. The second-order valence-electron chi connectivity index (χ2n) is 6.26. The van der Waals surface area contributed by atoms with Crippen LogP contribution in [0.5, 0.6) is 5.75 Å². The fraction of sp³-hybridized carbons (Fsp3) is 0.529. The van der Waals surface area contributed by atoms with Gasteiger partial charge in [0, 0.05) is 24.7 Å². The lowest BCUT2D eigenvalue weighted by Crippen LogP contribution is -2.44. The number of hydrogen-bond acceptors (Lipinski definition) is 5. The van der Waals surface area contributed by atoms with Gasteiger partial charge in [0.25, 0.3) is 5.91 Å². The van der Waals surface area contributed by atoms with E-state index >= 15 is 0 Å². The van der Waals surface area contributed by atoms with E-state index in [0.29, 0.717) is 35.2 Å². The highest BCUT2D eigenvalue weighted by Crippen LogP contribution is 2.38. The SMILES string of the molecule is N#CCN1CCC(NC(=O)c2cc(Cl)c(N)c3c2OCCC3)CC1. The van der Waals surface area contributed by atoms with Crippen molar-refractivity contribution in [2.24, 2.45) is 0 Å². The Morgan fingerprint density at radius 3 is 2.96 bits per heavy atom. The van der Waals surface area contributed by atoms with Crippen LogP contribution in [0.3, 0.4) is 0 Å².